The minimum absolute atomic E-state index is 0.0988. The second kappa shape index (κ2) is 7.55. The van der Waals surface area contributed by atoms with Crippen molar-refractivity contribution in [2.75, 3.05) is 20.2 Å². The number of nitriles is 1. The first-order chi connectivity index (χ1) is 9.13. The van der Waals surface area contributed by atoms with Crippen LogP contribution in [0.4, 0.5) is 0 Å². The van der Waals surface area contributed by atoms with E-state index in [2.05, 4.69) is 6.07 Å². The van der Waals surface area contributed by atoms with Crippen LogP contribution in [0.5, 0.6) is 0 Å². The number of methoxy groups -OCH3 is 1. The van der Waals surface area contributed by atoms with Gasteiger partial charge in [-0.1, -0.05) is 30.3 Å². The zero-order valence-corrected chi connectivity index (χ0v) is 11.7. The molecule has 0 aliphatic rings. The van der Waals surface area contributed by atoms with Crippen molar-refractivity contribution in [2.45, 2.75) is 20.0 Å². The summed E-state index contributed by atoms with van der Waals surface area (Å²) in [4.78, 5) is 14.1. The first-order valence-corrected chi connectivity index (χ1v) is 6.40. The highest BCUT2D eigenvalue weighted by Gasteiger charge is 2.25. The summed E-state index contributed by atoms with van der Waals surface area (Å²) in [5.41, 5.74) is 0.832. The molecular formula is C15H20N2O2. The Morgan fingerprint density at radius 2 is 2.05 bits per heavy atom. The molecule has 1 aromatic carbocycles. The number of carbonyl (C=O) groups excluding carboxylic acids is 1. The Kier molecular flexibility index (Phi) is 6.04. The molecule has 4 heteroatoms. The van der Waals surface area contributed by atoms with E-state index < -0.39 is 6.10 Å². The van der Waals surface area contributed by atoms with Gasteiger partial charge in [0.1, 0.15) is 0 Å². The summed E-state index contributed by atoms with van der Waals surface area (Å²) in [7, 11) is 1.52. The molecule has 2 atom stereocenters. The van der Waals surface area contributed by atoms with Gasteiger partial charge in [0.2, 0.25) is 0 Å². The van der Waals surface area contributed by atoms with Crippen LogP contribution in [0.2, 0.25) is 0 Å². The number of carbonyl (C=O) groups is 1. The highest BCUT2D eigenvalue weighted by atomic mass is 16.5. The molecule has 0 bridgehead atoms. The third-order valence-electron chi connectivity index (χ3n) is 2.97. The molecular weight excluding hydrogens is 240 g/mol. The molecule has 102 valence electrons. The largest absolute Gasteiger partial charge is 0.367 e. The first kappa shape index (κ1) is 15.2. The van der Waals surface area contributed by atoms with Crippen LogP contribution in [-0.2, 0) is 9.53 Å². The van der Waals surface area contributed by atoms with E-state index in [-0.39, 0.29) is 11.8 Å². The fourth-order valence-electron chi connectivity index (χ4n) is 1.92. The van der Waals surface area contributed by atoms with Crippen LogP contribution in [0.3, 0.4) is 0 Å². The van der Waals surface area contributed by atoms with Crippen molar-refractivity contribution < 1.29 is 9.53 Å². The standard InChI is InChI=1S/C15H20N2O2/c1-4-17(11-12(2)10-16)15(18)14(19-3)13-8-6-5-7-9-13/h5-9,12,14H,4,11H2,1-3H3/t12-,14+/m1/s1. The monoisotopic (exact) mass is 260 g/mol. The molecule has 0 heterocycles. The lowest BCUT2D eigenvalue weighted by atomic mass is 10.1. The third kappa shape index (κ3) is 4.08. The summed E-state index contributed by atoms with van der Waals surface area (Å²) in [6.45, 7) is 4.70. The first-order valence-electron chi connectivity index (χ1n) is 6.40. The van der Waals surface area contributed by atoms with Crippen LogP contribution in [0, 0.1) is 17.2 Å². The number of likely N-dealkylation sites (N-methyl/N-ethyl adjacent to an activating group) is 1. The number of benzene rings is 1. The maximum absolute atomic E-state index is 12.4. The van der Waals surface area contributed by atoms with Gasteiger partial charge in [-0.05, 0) is 19.4 Å². The zero-order chi connectivity index (χ0) is 14.3. The van der Waals surface area contributed by atoms with Gasteiger partial charge in [-0.3, -0.25) is 4.79 Å². The molecule has 0 N–H and O–H groups in total. The Morgan fingerprint density at radius 3 is 2.53 bits per heavy atom. The van der Waals surface area contributed by atoms with Gasteiger partial charge in [-0.15, -0.1) is 0 Å². The molecule has 1 amide bonds. The lowest BCUT2D eigenvalue weighted by Gasteiger charge is -2.26. The van der Waals surface area contributed by atoms with Crippen molar-refractivity contribution >= 4 is 5.91 Å². The van der Waals surface area contributed by atoms with Gasteiger partial charge in [-0.25, -0.2) is 0 Å². The smallest absolute Gasteiger partial charge is 0.256 e. The molecule has 0 aliphatic carbocycles. The number of hydrogen-bond acceptors (Lipinski definition) is 3. The Balaban J connectivity index is 2.86. The minimum atomic E-state index is -0.605. The Hall–Kier alpha value is -1.86. The van der Waals surface area contributed by atoms with Gasteiger partial charge in [0.15, 0.2) is 6.10 Å². The predicted molar refractivity (Wildman–Crippen MR) is 73.2 cm³/mol. The zero-order valence-electron chi connectivity index (χ0n) is 11.7. The van der Waals surface area contributed by atoms with Crippen LogP contribution in [0.15, 0.2) is 30.3 Å². The van der Waals surface area contributed by atoms with Crippen LogP contribution in [0.25, 0.3) is 0 Å². The summed E-state index contributed by atoms with van der Waals surface area (Å²) < 4.78 is 5.32. The normalized spacial score (nSPS) is 13.4. The summed E-state index contributed by atoms with van der Waals surface area (Å²) in [5, 5.41) is 8.85. The van der Waals surface area contributed by atoms with E-state index >= 15 is 0 Å². The summed E-state index contributed by atoms with van der Waals surface area (Å²) in [6.07, 6.45) is -0.605. The average molecular weight is 260 g/mol. The molecule has 4 nitrogen and oxygen atoms in total. The lowest BCUT2D eigenvalue weighted by Crippen LogP contribution is -2.38. The molecule has 0 spiro atoms. The molecule has 0 saturated heterocycles. The Morgan fingerprint density at radius 1 is 1.42 bits per heavy atom. The van der Waals surface area contributed by atoms with Crippen molar-refractivity contribution in [1.29, 1.82) is 5.26 Å². The van der Waals surface area contributed by atoms with Gasteiger partial charge in [0.25, 0.3) is 5.91 Å². The van der Waals surface area contributed by atoms with Crippen molar-refractivity contribution in [3.05, 3.63) is 35.9 Å². The Bertz CT molecular complexity index is 439. The van der Waals surface area contributed by atoms with E-state index in [1.165, 1.54) is 7.11 Å². The van der Waals surface area contributed by atoms with Gasteiger partial charge < -0.3 is 9.64 Å². The molecule has 0 aliphatic heterocycles. The highest BCUT2D eigenvalue weighted by molar-refractivity contribution is 5.82. The fraction of sp³-hybridized carbons (Fsp3) is 0.467. The van der Waals surface area contributed by atoms with E-state index in [1.807, 2.05) is 37.3 Å². The number of amides is 1. The molecule has 1 aromatic rings. The molecule has 0 fully saturated rings. The number of nitrogens with zero attached hydrogens (tertiary/aromatic N) is 2. The van der Waals surface area contributed by atoms with Crippen molar-refractivity contribution in [2.24, 2.45) is 5.92 Å². The lowest BCUT2D eigenvalue weighted by molar-refractivity contribution is -0.142. The number of hydrogen-bond donors (Lipinski definition) is 0. The van der Waals surface area contributed by atoms with Gasteiger partial charge in [0.05, 0.1) is 12.0 Å². The summed E-state index contributed by atoms with van der Waals surface area (Å²) >= 11 is 0. The number of rotatable bonds is 6. The topological polar surface area (TPSA) is 53.3 Å². The highest BCUT2D eigenvalue weighted by Crippen LogP contribution is 2.19. The summed E-state index contributed by atoms with van der Waals surface area (Å²) in [5.74, 6) is -0.282. The Labute approximate surface area is 114 Å². The predicted octanol–water partition coefficient (Wildman–Crippen LogP) is 2.38. The molecule has 0 saturated carbocycles. The van der Waals surface area contributed by atoms with E-state index in [9.17, 15) is 4.79 Å². The van der Waals surface area contributed by atoms with Crippen LogP contribution < -0.4 is 0 Å². The molecule has 0 aromatic heterocycles. The minimum Gasteiger partial charge on any atom is -0.367 e. The van der Waals surface area contributed by atoms with E-state index in [1.54, 1.807) is 11.8 Å². The molecule has 0 unspecified atom stereocenters. The maximum atomic E-state index is 12.4. The van der Waals surface area contributed by atoms with E-state index in [0.29, 0.717) is 13.1 Å². The fourth-order valence-corrected chi connectivity index (χ4v) is 1.92. The summed E-state index contributed by atoms with van der Waals surface area (Å²) in [6, 6.07) is 11.5. The van der Waals surface area contributed by atoms with Crippen molar-refractivity contribution in [3.63, 3.8) is 0 Å². The quantitative estimate of drug-likeness (QED) is 0.789. The maximum Gasteiger partial charge on any atom is 0.256 e. The van der Waals surface area contributed by atoms with Gasteiger partial charge in [0, 0.05) is 20.2 Å². The second-order valence-electron chi connectivity index (χ2n) is 4.43. The SMILES string of the molecule is CCN(C[C@H](C)C#N)C(=O)[C@@H](OC)c1ccccc1. The average Bonchev–Trinajstić information content (AvgIpc) is 2.46. The molecule has 1 rings (SSSR count). The third-order valence-corrected chi connectivity index (χ3v) is 2.97. The van der Waals surface area contributed by atoms with Crippen molar-refractivity contribution in [3.8, 4) is 6.07 Å². The van der Waals surface area contributed by atoms with Gasteiger partial charge in [-0.2, -0.15) is 5.26 Å². The second-order valence-corrected chi connectivity index (χ2v) is 4.43. The van der Waals surface area contributed by atoms with E-state index in [4.69, 9.17) is 10.00 Å². The number of ether oxygens (including phenoxy) is 1. The van der Waals surface area contributed by atoms with Gasteiger partial charge >= 0.3 is 0 Å². The molecule has 0 radical (unpaired) electrons. The van der Waals surface area contributed by atoms with Crippen LogP contribution in [0.1, 0.15) is 25.5 Å². The van der Waals surface area contributed by atoms with E-state index in [0.717, 1.165) is 5.56 Å². The van der Waals surface area contributed by atoms with Crippen LogP contribution in [-0.4, -0.2) is 31.0 Å². The van der Waals surface area contributed by atoms with Crippen molar-refractivity contribution in [1.82, 2.24) is 4.90 Å². The molecule has 19 heavy (non-hydrogen) atoms. The van der Waals surface area contributed by atoms with Crippen LogP contribution >= 0.6 is 0 Å².